The van der Waals surface area contributed by atoms with E-state index in [0.717, 1.165) is 24.8 Å². The molecule has 0 aromatic heterocycles. The zero-order chi connectivity index (χ0) is 23.2. The zero-order valence-corrected chi connectivity index (χ0v) is 24.2. The van der Waals surface area contributed by atoms with Crippen molar-refractivity contribution in [3.8, 4) is 17.2 Å². The second-order valence-electron chi connectivity index (χ2n) is 8.43. The van der Waals surface area contributed by atoms with E-state index in [-0.39, 0.29) is 67.8 Å². The molecule has 0 atom stereocenters. The Balaban J connectivity index is 0.00000544. The van der Waals surface area contributed by atoms with Crippen LogP contribution < -0.4 is 61.2 Å². The molecule has 0 amide bonds. The maximum atomic E-state index is 11.8. The van der Waals surface area contributed by atoms with Crippen LogP contribution in [0, 0.1) is 0 Å². The van der Waals surface area contributed by atoms with Crippen LogP contribution in [0.4, 0.5) is 0 Å². The topological polar surface area (TPSA) is 86.7 Å². The third-order valence-corrected chi connectivity index (χ3v) is 6.58. The molecule has 0 saturated carbocycles. The second kappa shape index (κ2) is 17.1. The van der Waals surface area contributed by atoms with Gasteiger partial charge < -0.3 is 9.84 Å². The van der Waals surface area contributed by atoms with E-state index < -0.39 is 10.1 Å². The van der Waals surface area contributed by atoms with Crippen molar-refractivity contribution in [2.45, 2.75) is 95.3 Å². The molecule has 0 saturated heterocycles. The van der Waals surface area contributed by atoms with Gasteiger partial charge in [-0.15, -0.1) is 5.75 Å². The van der Waals surface area contributed by atoms with E-state index in [9.17, 15) is 18.1 Å². The molecule has 2 rings (SSSR count). The Morgan fingerprint density at radius 3 is 1.91 bits per heavy atom. The maximum absolute atomic E-state index is 11.8. The van der Waals surface area contributed by atoms with Gasteiger partial charge in [-0.1, -0.05) is 102 Å². The van der Waals surface area contributed by atoms with Gasteiger partial charge in [0.2, 0.25) is 0 Å². The van der Waals surface area contributed by atoms with E-state index >= 15 is 0 Å². The number of hydrogen-bond acceptors (Lipinski definition) is 4. The van der Waals surface area contributed by atoms with E-state index in [1.54, 1.807) is 12.1 Å². The van der Waals surface area contributed by atoms with Crippen LogP contribution in [0.2, 0.25) is 0 Å². The summed E-state index contributed by atoms with van der Waals surface area (Å²) in [5.41, 5.74) is 0.863. The van der Waals surface area contributed by atoms with E-state index in [0.29, 0.717) is 5.75 Å². The van der Waals surface area contributed by atoms with E-state index in [2.05, 4.69) is 6.92 Å². The van der Waals surface area contributed by atoms with Crippen molar-refractivity contribution in [2.75, 3.05) is 0 Å². The Morgan fingerprint density at radius 2 is 1.33 bits per heavy atom. The van der Waals surface area contributed by atoms with Gasteiger partial charge in [-0.2, -0.15) is 8.42 Å². The molecule has 5 nitrogen and oxygen atoms in total. The van der Waals surface area contributed by atoms with Crippen LogP contribution >= 0.6 is 0 Å². The van der Waals surface area contributed by atoms with Gasteiger partial charge in [-0.05, 0) is 36.6 Å². The Hall–Kier alpha value is -0.414. The van der Waals surface area contributed by atoms with Crippen molar-refractivity contribution in [2.24, 2.45) is 0 Å². The molecule has 0 heterocycles. The summed E-state index contributed by atoms with van der Waals surface area (Å²) >= 11 is 0. The van der Waals surface area contributed by atoms with Crippen LogP contribution in [0.15, 0.2) is 47.4 Å². The Kier molecular flexibility index (Phi) is 15.9. The van der Waals surface area contributed by atoms with Gasteiger partial charge in [0.15, 0.2) is 0 Å². The summed E-state index contributed by atoms with van der Waals surface area (Å²) in [4.78, 5) is -0.312. The molecule has 0 aliphatic rings. The number of ether oxygens (including phenoxy) is 1. The first-order chi connectivity index (χ1) is 15.4. The summed E-state index contributed by atoms with van der Waals surface area (Å²) in [6.45, 7) is 2.25. The normalized spacial score (nSPS) is 11.2. The molecule has 178 valence electrons. The van der Waals surface area contributed by atoms with Crippen molar-refractivity contribution in [3.63, 3.8) is 0 Å². The average molecular weight is 501 g/mol. The van der Waals surface area contributed by atoms with Crippen molar-refractivity contribution < 1.29 is 74.2 Å². The van der Waals surface area contributed by atoms with Crippen molar-refractivity contribution in [1.29, 1.82) is 0 Å². The third-order valence-electron chi connectivity index (χ3n) is 5.69. The fourth-order valence-corrected chi connectivity index (χ4v) is 4.47. The molecule has 0 unspecified atom stereocenters. The van der Waals surface area contributed by atoms with Gasteiger partial charge in [0, 0.05) is 0 Å². The van der Waals surface area contributed by atoms with Crippen molar-refractivity contribution in [3.05, 3.63) is 48.0 Å². The molecule has 33 heavy (non-hydrogen) atoms. The number of hydrogen-bond donors (Lipinski definition) is 1. The molecule has 1 N–H and O–H groups in total. The van der Waals surface area contributed by atoms with E-state index in [1.807, 2.05) is 0 Å². The SMILES string of the molecule is CCCCCCCCCCCCCCc1ccc([O-])cc1Oc1ccccc1S(=O)(=O)O.[K+]. The number of unbranched alkanes of at least 4 members (excludes halogenated alkanes) is 11. The van der Waals surface area contributed by atoms with Crippen LogP contribution in [0.1, 0.15) is 89.5 Å². The summed E-state index contributed by atoms with van der Waals surface area (Å²) in [6.07, 6.45) is 16.0. The first kappa shape index (κ1) is 30.6. The van der Waals surface area contributed by atoms with Gasteiger partial charge >= 0.3 is 51.4 Å². The molecule has 0 fully saturated rings. The molecule has 2 aromatic rings. The van der Waals surface area contributed by atoms with Crippen molar-refractivity contribution in [1.82, 2.24) is 0 Å². The standard InChI is InChI=1S/C26H38O5S.K/c1-2-3-4-5-6-7-8-9-10-11-12-13-16-22-19-20-23(27)21-25(22)31-24-17-14-15-18-26(24)32(28,29)30;/h14-15,17-21,27H,2-13,16H2,1H3,(H,28,29,30);/q;+1/p-1. The largest absolute Gasteiger partial charge is 1.00 e. The number of benzene rings is 2. The Bertz CT molecular complexity index is 915. The minimum absolute atomic E-state index is 0. The van der Waals surface area contributed by atoms with E-state index in [1.165, 1.54) is 94.5 Å². The summed E-state index contributed by atoms with van der Waals surface area (Å²) < 4.78 is 38.4. The van der Waals surface area contributed by atoms with Crippen molar-refractivity contribution >= 4 is 10.1 Å². The fourth-order valence-electron chi connectivity index (χ4n) is 3.86. The smallest absolute Gasteiger partial charge is 0.872 e. The quantitative estimate of drug-likeness (QED) is 0.213. The molecular formula is C26H37KO5S. The maximum Gasteiger partial charge on any atom is 1.00 e. The molecule has 0 aliphatic carbocycles. The summed E-state index contributed by atoms with van der Waals surface area (Å²) in [5, 5.41) is 11.8. The Labute approximate surface area is 242 Å². The summed E-state index contributed by atoms with van der Waals surface area (Å²) in [7, 11) is -4.42. The van der Waals surface area contributed by atoms with Gasteiger partial charge in [0.05, 0.1) is 0 Å². The average Bonchev–Trinajstić information content (AvgIpc) is 2.75. The number of aryl methyl sites for hydroxylation is 1. The van der Waals surface area contributed by atoms with Gasteiger partial charge in [0.25, 0.3) is 10.1 Å². The predicted octanol–water partition coefficient (Wildman–Crippen LogP) is 4.05. The fraction of sp³-hybridized carbons (Fsp3) is 0.538. The summed E-state index contributed by atoms with van der Waals surface area (Å²) in [5.74, 6) is 0.149. The van der Waals surface area contributed by atoms with Crippen LogP contribution in [0.25, 0.3) is 0 Å². The summed E-state index contributed by atoms with van der Waals surface area (Å²) in [6, 6.07) is 10.5. The molecule has 0 radical (unpaired) electrons. The monoisotopic (exact) mass is 500 g/mol. The van der Waals surface area contributed by atoms with E-state index in [4.69, 9.17) is 4.74 Å². The molecule has 0 bridgehead atoms. The Morgan fingerprint density at radius 1 is 0.788 bits per heavy atom. The number of para-hydroxylation sites is 1. The molecular weight excluding hydrogens is 463 g/mol. The second-order valence-corrected chi connectivity index (χ2v) is 9.82. The first-order valence-electron chi connectivity index (χ1n) is 12.0. The molecule has 7 heteroatoms. The van der Waals surface area contributed by atoms with Crippen LogP contribution in [-0.2, 0) is 16.5 Å². The minimum atomic E-state index is -4.42. The van der Waals surface area contributed by atoms with Gasteiger partial charge in [-0.25, -0.2) is 0 Å². The first-order valence-corrected chi connectivity index (χ1v) is 13.4. The third kappa shape index (κ3) is 12.2. The van der Waals surface area contributed by atoms with Gasteiger partial charge in [-0.3, -0.25) is 4.55 Å². The van der Waals surface area contributed by atoms with Gasteiger partial charge in [0.1, 0.15) is 16.4 Å². The number of rotatable bonds is 16. The minimum Gasteiger partial charge on any atom is -0.872 e. The molecule has 2 aromatic carbocycles. The molecule has 0 aliphatic heterocycles. The van der Waals surface area contributed by atoms with Crippen LogP contribution in [0.3, 0.4) is 0 Å². The molecule has 0 spiro atoms. The zero-order valence-electron chi connectivity index (χ0n) is 20.2. The van der Waals surface area contributed by atoms with Crippen LogP contribution in [-0.4, -0.2) is 13.0 Å². The van der Waals surface area contributed by atoms with Crippen LogP contribution in [0.5, 0.6) is 17.2 Å². The predicted molar refractivity (Wildman–Crippen MR) is 127 cm³/mol.